The van der Waals surface area contributed by atoms with Crippen molar-refractivity contribution in [3.63, 3.8) is 0 Å². The Hall–Kier alpha value is -1.49. The highest BCUT2D eigenvalue weighted by Crippen LogP contribution is 2.27. The fourth-order valence-corrected chi connectivity index (χ4v) is 1.77. The number of nitrogens with zero attached hydrogens (tertiary/aromatic N) is 2. The highest BCUT2D eigenvalue weighted by atomic mass is 32.1. The lowest BCUT2D eigenvalue weighted by Gasteiger charge is -1.98. The van der Waals surface area contributed by atoms with Gasteiger partial charge in [-0.1, -0.05) is 17.4 Å². The number of aryl methyl sites for hydroxylation is 1. The normalized spacial score (nSPS) is 10.4. The lowest BCUT2D eigenvalue weighted by molar-refractivity contribution is 0.630. The minimum atomic E-state index is -0.291. The monoisotopic (exact) mass is 209 g/mol. The summed E-state index contributed by atoms with van der Waals surface area (Å²) in [7, 11) is 0. The van der Waals surface area contributed by atoms with Crippen LogP contribution >= 0.6 is 11.3 Å². The van der Waals surface area contributed by atoms with E-state index in [-0.39, 0.29) is 5.82 Å². The molecular weight excluding hydrogens is 201 g/mol. The standard InChI is InChI=1S/C9H8FN3S/c1-5-2-3-6(7(10)4-5)8-12-13-9(11)14-8/h2-4H,1H3,(H2,11,13). The van der Waals surface area contributed by atoms with Gasteiger partial charge < -0.3 is 5.73 Å². The Morgan fingerprint density at radius 3 is 2.71 bits per heavy atom. The van der Waals surface area contributed by atoms with Crippen LogP contribution in [-0.2, 0) is 0 Å². The fraction of sp³-hybridized carbons (Fsp3) is 0.111. The third-order valence-electron chi connectivity index (χ3n) is 1.80. The quantitative estimate of drug-likeness (QED) is 0.783. The maximum absolute atomic E-state index is 13.4. The van der Waals surface area contributed by atoms with Crippen LogP contribution < -0.4 is 5.73 Å². The first kappa shape index (κ1) is 9.08. The number of rotatable bonds is 1. The molecule has 0 saturated carbocycles. The van der Waals surface area contributed by atoms with Crippen LogP contribution in [0.1, 0.15) is 5.56 Å². The predicted octanol–water partition coefficient (Wildman–Crippen LogP) is 2.23. The van der Waals surface area contributed by atoms with Crippen LogP contribution in [0.25, 0.3) is 10.6 Å². The summed E-state index contributed by atoms with van der Waals surface area (Å²) in [5.41, 5.74) is 6.75. The van der Waals surface area contributed by atoms with E-state index in [0.717, 1.165) is 5.56 Å². The Bertz CT molecular complexity index is 467. The highest BCUT2D eigenvalue weighted by molar-refractivity contribution is 7.18. The number of benzene rings is 1. The molecule has 2 aromatic rings. The van der Waals surface area contributed by atoms with Gasteiger partial charge in [0.2, 0.25) is 5.13 Å². The van der Waals surface area contributed by atoms with E-state index in [0.29, 0.717) is 15.7 Å². The molecule has 72 valence electrons. The van der Waals surface area contributed by atoms with Crippen LogP contribution in [-0.4, -0.2) is 10.2 Å². The van der Waals surface area contributed by atoms with Gasteiger partial charge in [0.05, 0.1) is 0 Å². The first-order valence-electron chi connectivity index (χ1n) is 4.02. The summed E-state index contributed by atoms with van der Waals surface area (Å²) >= 11 is 1.18. The maximum Gasteiger partial charge on any atom is 0.203 e. The fourth-order valence-electron chi connectivity index (χ4n) is 1.14. The molecule has 0 radical (unpaired) electrons. The van der Waals surface area contributed by atoms with Gasteiger partial charge in [-0.25, -0.2) is 4.39 Å². The predicted molar refractivity (Wildman–Crippen MR) is 54.5 cm³/mol. The molecule has 14 heavy (non-hydrogen) atoms. The molecule has 2 N–H and O–H groups in total. The van der Waals surface area contributed by atoms with Gasteiger partial charge in [-0.05, 0) is 24.6 Å². The lowest BCUT2D eigenvalue weighted by Crippen LogP contribution is -1.85. The zero-order valence-electron chi connectivity index (χ0n) is 7.49. The molecule has 1 aromatic carbocycles. The first-order valence-corrected chi connectivity index (χ1v) is 4.84. The van der Waals surface area contributed by atoms with E-state index >= 15 is 0 Å². The molecule has 0 spiro atoms. The molecule has 0 aliphatic rings. The number of hydrogen-bond donors (Lipinski definition) is 1. The molecule has 0 fully saturated rings. The van der Waals surface area contributed by atoms with E-state index in [1.165, 1.54) is 17.4 Å². The van der Waals surface area contributed by atoms with Gasteiger partial charge in [-0.2, -0.15) is 0 Å². The number of nitrogens with two attached hydrogens (primary N) is 1. The van der Waals surface area contributed by atoms with Gasteiger partial charge in [-0.15, -0.1) is 10.2 Å². The zero-order valence-corrected chi connectivity index (χ0v) is 8.31. The molecule has 5 heteroatoms. The van der Waals surface area contributed by atoms with Gasteiger partial charge in [-0.3, -0.25) is 0 Å². The number of anilines is 1. The number of nitrogen functional groups attached to an aromatic ring is 1. The lowest BCUT2D eigenvalue weighted by atomic mass is 10.1. The van der Waals surface area contributed by atoms with Gasteiger partial charge in [0.15, 0.2) is 5.01 Å². The summed E-state index contributed by atoms with van der Waals surface area (Å²) in [6, 6.07) is 4.98. The largest absolute Gasteiger partial charge is 0.374 e. The average Bonchev–Trinajstić information content (AvgIpc) is 2.51. The third-order valence-corrected chi connectivity index (χ3v) is 2.58. The van der Waals surface area contributed by atoms with E-state index in [1.54, 1.807) is 6.07 Å². The molecule has 0 atom stereocenters. The van der Waals surface area contributed by atoms with Crippen molar-refractivity contribution in [2.75, 3.05) is 5.73 Å². The van der Waals surface area contributed by atoms with Crippen molar-refractivity contribution in [1.29, 1.82) is 0 Å². The van der Waals surface area contributed by atoms with Crippen molar-refractivity contribution < 1.29 is 4.39 Å². The number of halogens is 1. The van der Waals surface area contributed by atoms with Crippen LogP contribution in [0.4, 0.5) is 9.52 Å². The number of hydrogen-bond acceptors (Lipinski definition) is 4. The van der Waals surface area contributed by atoms with Crippen LogP contribution in [0.2, 0.25) is 0 Å². The van der Waals surface area contributed by atoms with E-state index in [4.69, 9.17) is 5.73 Å². The molecule has 0 unspecified atom stereocenters. The first-order chi connectivity index (χ1) is 6.66. The average molecular weight is 209 g/mol. The second kappa shape index (κ2) is 3.34. The summed E-state index contributed by atoms with van der Waals surface area (Å²) in [6.45, 7) is 1.83. The third kappa shape index (κ3) is 1.58. The molecular formula is C9H8FN3S. The van der Waals surface area contributed by atoms with Gasteiger partial charge in [0.1, 0.15) is 5.82 Å². The molecule has 0 aliphatic carbocycles. The minimum Gasteiger partial charge on any atom is -0.374 e. The molecule has 0 aliphatic heterocycles. The molecule has 1 aromatic heterocycles. The maximum atomic E-state index is 13.4. The van der Waals surface area contributed by atoms with E-state index < -0.39 is 0 Å². The summed E-state index contributed by atoms with van der Waals surface area (Å²) in [5, 5.41) is 8.28. The van der Waals surface area contributed by atoms with Gasteiger partial charge in [0, 0.05) is 5.56 Å². The van der Waals surface area contributed by atoms with E-state index in [1.807, 2.05) is 13.0 Å². The molecule has 1 heterocycles. The van der Waals surface area contributed by atoms with Crippen molar-refractivity contribution in [2.24, 2.45) is 0 Å². The molecule has 2 rings (SSSR count). The van der Waals surface area contributed by atoms with Gasteiger partial charge >= 0.3 is 0 Å². The van der Waals surface area contributed by atoms with Gasteiger partial charge in [0.25, 0.3) is 0 Å². The van der Waals surface area contributed by atoms with Crippen molar-refractivity contribution in [3.8, 4) is 10.6 Å². The topological polar surface area (TPSA) is 51.8 Å². The molecule has 0 amide bonds. The van der Waals surface area contributed by atoms with E-state index in [9.17, 15) is 4.39 Å². The van der Waals surface area contributed by atoms with Crippen LogP contribution in [0, 0.1) is 12.7 Å². The zero-order chi connectivity index (χ0) is 10.1. The molecule has 0 bridgehead atoms. The Kier molecular flexibility index (Phi) is 2.17. The van der Waals surface area contributed by atoms with Crippen LogP contribution in [0.5, 0.6) is 0 Å². The summed E-state index contributed by atoms with van der Waals surface area (Å²) < 4.78 is 13.4. The Morgan fingerprint density at radius 1 is 1.36 bits per heavy atom. The summed E-state index contributed by atoms with van der Waals surface area (Å²) in [5.74, 6) is -0.291. The Morgan fingerprint density at radius 2 is 2.14 bits per heavy atom. The smallest absolute Gasteiger partial charge is 0.203 e. The van der Waals surface area contributed by atoms with Crippen molar-refractivity contribution in [3.05, 3.63) is 29.6 Å². The SMILES string of the molecule is Cc1ccc(-c2nnc(N)s2)c(F)c1. The highest BCUT2D eigenvalue weighted by Gasteiger charge is 2.09. The molecule has 3 nitrogen and oxygen atoms in total. The number of aromatic nitrogens is 2. The van der Waals surface area contributed by atoms with Crippen molar-refractivity contribution in [1.82, 2.24) is 10.2 Å². The second-order valence-electron chi connectivity index (χ2n) is 2.93. The van der Waals surface area contributed by atoms with Crippen LogP contribution in [0.15, 0.2) is 18.2 Å². The Balaban J connectivity index is 2.52. The second-order valence-corrected chi connectivity index (χ2v) is 3.94. The van der Waals surface area contributed by atoms with Crippen molar-refractivity contribution >= 4 is 16.5 Å². The minimum absolute atomic E-state index is 0.291. The summed E-state index contributed by atoms with van der Waals surface area (Å²) in [4.78, 5) is 0. The molecule has 0 saturated heterocycles. The van der Waals surface area contributed by atoms with E-state index in [2.05, 4.69) is 10.2 Å². The van der Waals surface area contributed by atoms with Crippen LogP contribution in [0.3, 0.4) is 0 Å². The Labute approximate surface area is 84.4 Å². The summed E-state index contributed by atoms with van der Waals surface area (Å²) in [6.07, 6.45) is 0. The van der Waals surface area contributed by atoms with Crippen molar-refractivity contribution in [2.45, 2.75) is 6.92 Å².